The van der Waals surface area contributed by atoms with Crippen molar-refractivity contribution >= 4 is 17.7 Å². The highest BCUT2D eigenvalue weighted by Gasteiger charge is 2.51. The van der Waals surface area contributed by atoms with E-state index < -0.39 is 0 Å². The Balaban J connectivity index is 1.45. The second-order valence-electron chi connectivity index (χ2n) is 10.5. The summed E-state index contributed by atoms with van der Waals surface area (Å²) in [4.78, 5) is 16.9. The van der Waals surface area contributed by atoms with Crippen LogP contribution in [0.1, 0.15) is 76.0 Å². The Morgan fingerprint density at radius 1 is 1.32 bits per heavy atom. The van der Waals surface area contributed by atoms with Crippen molar-refractivity contribution in [3.05, 3.63) is 47.3 Å². The highest BCUT2D eigenvalue weighted by atomic mass is 32.2. The molecule has 1 heterocycles. The molecule has 0 bridgehead atoms. The fourth-order valence-electron chi connectivity index (χ4n) is 6.19. The fraction of sp³-hybridized carbons (Fsp3) is 0.615. The first-order valence-electron chi connectivity index (χ1n) is 11.7. The molecular formula is C26H37N3OS. The van der Waals surface area contributed by atoms with Crippen molar-refractivity contribution in [1.82, 2.24) is 14.9 Å². The number of aromatic nitrogens is 2. The Kier molecular flexibility index (Phi) is 6.26. The number of hydrogen-bond donors (Lipinski definition) is 1. The molecule has 3 atom stereocenters. The molecule has 1 saturated carbocycles. The van der Waals surface area contributed by atoms with E-state index in [1.54, 1.807) is 17.3 Å². The van der Waals surface area contributed by atoms with Crippen molar-refractivity contribution < 1.29 is 4.79 Å². The van der Waals surface area contributed by atoms with Gasteiger partial charge in [-0.2, -0.15) is 0 Å². The molecule has 2 aliphatic carbocycles. The Labute approximate surface area is 191 Å². The number of rotatable bonds is 6. The number of carbonyl (C=O) groups is 1. The van der Waals surface area contributed by atoms with E-state index in [1.165, 1.54) is 43.0 Å². The fourth-order valence-corrected chi connectivity index (χ4v) is 6.95. The molecule has 0 aliphatic heterocycles. The minimum Gasteiger partial charge on any atom is -0.355 e. The lowest BCUT2D eigenvalue weighted by Crippen LogP contribution is -2.53. The monoisotopic (exact) mass is 439 g/mol. The molecule has 2 aliphatic rings. The highest BCUT2D eigenvalue weighted by molar-refractivity contribution is 7.99. The van der Waals surface area contributed by atoms with Crippen LogP contribution in [0.15, 0.2) is 35.7 Å². The lowest BCUT2D eigenvalue weighted by molar-refractivity contribution is -0.119. The van der Waals surface area contributed by atoms with Gasteiger partial charge < -0.3 is 9.88 Å². The van der Waals surface area contributed by atoms with Gasteiger partial charge in [0.15, 0.2) is 5.16 Å². The van der Waals surface area contributed by atoms with Gasteiger partial charge in [0.1, 0.15) is 0 Å². The van der Waals surface area contributed by atoms with Crippen molar-refractivity contribution in [3.63, 3.8) is 0 Å². The van der Waals surface area contributed by atoms with Gasteiger partial charge in [-0.3, -0.25) is 4.79 Å². The van der Waals surface area contributed by atoms with Gasteiger partial charge >= 0.3 is 0 Å². The van der Waals surface area contributed by atoms with Gasteiger partial charge in [-0.1, -0.05) is 64.1 Å². The van der Waals surface area contributed by atoms with Crippen molar-refractivity contribution in [3.8, 4) is 0 Å². The number of carbonyl (C=O) groups excluding carboxylic acids is 1. The molecule has 31 heavy (non-hydrogen) atoms. The summed E-state index contributed by atoms with van der Waals surface area (Å²) in [5.41, 5.74) is 4.94. The molecule has 3 unspecified atom stereocenters. The molecule has 0 saturated heterocycles. The topological polar surface area (TPSA) is 46.9 Å². The molecule has 2 aromatic rings. The van der Waals surface area contributed by atoms with Crippen LogP contribution in [0.25, 0.3) is 0 Å². The number of fused-ring (bicyclic) bond motifs is 3. The number of benzene rings is 1. The van der Waals surface area contributed by atoms with E-state index in [2.05, 4.69) is 56.2 Å². The molecule has 4 rings (SSSR count). The van der Waals surface area contributed by atoms with Gasteiger partial charge in [0.05, 0.1) is 5.75 Å². The summed E-state index contributed by atoms with van der Waals surface area (Å²) >= 11 is 1.50. The molecule has 168 valence electrons. The van der Waals surface area contributed by atoms with Crippen LogP contribution in [0.2, 0.25) is 0 Å². The first-order valence-corrected chi connectivity index (χ1v) is 12.7. The van der Waals surface area contributed by atoms with Crippen molar-refractivity contribution in [2.24, 2.45) is 18.4 Å². The van der Waals surface area contributed by atoms with Gasteiger partial charge in [0, 0.05) is 26.0 Å². The van der Waals surface area contributed by atoms with Crippen LogP contribution in [-0.4, -0.2) is 27.8 Å². The zero-order valence-electron chi connectivity index (χ0n) is 19.7. The first kappa shape index (κ1) is 22.4. The van der Waals surface area contributed by atoms with E-state index in [-0.39, 0.29) is 16.7 Å². The molecule has 1 N–H and O–H groups in total. The summed E-state index contributed by atoms with van der Waals surface area (Å²) in [5.74, 6) is 1.71. The maximum absolute atomic E-state index is 12.6. The summed E-state index contributed by atoms with van der Waals surface area (Å²) in [6.07, 6.45) is 9.74. The molecule has 0 radical (unpaired) electrons. The average Bonchev–Trinajstić information content (AvgIpc) is 3.15. The molecule has 1 aromatic carbocycles. The maximum Gasteiger partial charge on any atom is 0.230 e. The summed E-state index contributed by atoms with van der Waals surface area (Å²) in [5, 5.41) is 4.16. The molecule has 1 amide bonds. The number of hydrogen-bond acceptors (Lipinski definition) is 3. The Bertz CT molecular complexity index is 952. The lowest BCUT2D eigenvalue weighted by Gasteiger charge is -2.55. The second kappa shape index (κ2) is 8.65. The molecule has 5 heteroatoms. The summed E-state index contributed by atoms with van der Waals surface area (Å²) in [7, 11) is 1.96. The standard InChI is InChI=1S/C26H37N3OS/c1-18(2)19-7-9-21-20(15-19)8-10-22-25(3,11-6-12-26(21,22)4)17-28-23(30)16-31-24-27-13-14-29(24)5/h7,9,13-15,18,22H,6,8,10-12,16-17H2,1-5H3,(H,28,30). The zero-order valence-corrected chi connectivity index (χ0v) is 20.5. The minimum atomic E-state index is 0.110. The number of aryl methyl sites for hydroxylation is 2. The number of nitrogens with one attached hydrogen (secondary N) is 1. The van der Waals surface area contributed by atoms with Crippen LogP contribution >= 0.6 is 11.8 Å². The quantitative estimate of drug-likeness (QED) is 0.608. The lowest BCUT2D eigenvalue weighted by atomic mass is 9.49. The van der Waals surface area contributed by atoms with E-state index >= 15 is 0 Å². The second-order valence-corrected chi connectivity index (χ2v) is 11.4. The van der Waals surface area contributed by atoms with Crippen LogP contribution in [0.3, 0.4) is 0 Å². The summed E-state index contributed by atoms with van der Waals surface area (Å²) in [6.45, 7) is 10.2. The number of thioether (sulfide) groups is 1. The Morgan fingerprint density at radius 2 is 2.13 bits per heavy atom. The van der Waals surface area contributed by atoms with E-state index in [0.29, 0.717) is 17.6 Å². The number of nitrogens with zero attached hydrogens (tertiary/aromatic N) is 2. The van der Waals surface area contributed by atoms with E-state index in [9.17, 15) is 4.79 Å². The van der Waals surface area contributed by atoms with Gasteiger partial charge in [-0.25, -0.2) is 4.98 Å². The first-order chi connectivity index (χ1) is 14.7. The zero-order chi connectivity index (χ0) is 22.2. The minimum absolute atomic E-state index is 0.110. The molecule has 1 fully saturated rings. The van der Waals surface area contributed by atoms with Crippen molar-refractivity contribution in [2.45, 2.75) is 76.3 Å². The SMILES string of the molecule is CC(C)c1ccc2c(c1)CCC1C(C)(CNC(=O)CSc3nccn3C)CCCC21C. The van der Waals surface area contributed by atoms with Crippen LogP contribution in [0.4, 0.5) is 0 Å². The van der Waals surface area contributed by atoms with Gasteiger partial charge in [-0.15, -0.1) is 0 Å². The summed E-state index contributed by atoms with van der Waals surface area (Å²) < 4.78 is 1.95. The smallest absolute Gasteiger partial charge is 0.230 e. The molecule has 4 nitrogen and oxygen atoms in total. The molecule has 0 spiro atoms. The summed E-state index contributed by atoms with van der Waals surface area (Å²) in [6, 6.07) is 7.23. The van der Waals surface area contributed by atoms with Crippen LogP contribution in [0.5, 0.6) is 0 Å². The Hall–Kier alpha value is -1.75. The number of amides is 1. The normalized spacial score (nSPS) is 27.6. The predicted molar refractivity (Wildman–Crippen MR) is 129 cm³/mol. The largest absolute Gasteiger partial charge is 0.355 e. The van der Waals surface area contributed by atoms with Gasteiger partial charge in [0.2, 0.25) is 5.91 Å². The van der Waals surface area contributed by atoms with Crippen LogP contribution in [0, 0.1) is 11.3 Å². The van der Waals surface area contributed by atoms with Crippen LogP contribution in [-0.2, 0) is 23.7 Å². The van der Waals surface area contributed by atoms with E-state index in [1.807, 2.05) is 17.8 Å². The molecular weight excluding hydrogens is 402 g/mol. The van der Waals surface area contributed by atoms with E-state index in [4.69, 9.17) is 0 Å². The van der Waals surface area contributed by atoms with E-state index in [0.717, 1.165) is 18.1 Å². The third-order valence-electron chi connectivity index (χ3n) is 7.97. The average molecular weight is 440 g/mol. The van der Waals surface area contributed by atoms with Gasteiger partial charge in [0.25, 0.3) is 0 Å². The third-order valence-corrected chi connectivity index (χ3v) is 9.02. The number of imidazole rings is 1. The Morgan fingerprint density at radius 3 is 2.84 bits per heavy atom. The van der Waals surface area contributed by atoms with Gasteiger partial charge in [-0.05, 0) is 65.0 Å². The third kappa shape index (κ3) is 4.30. The molecule has 1 aromatic heterocycles. The van der Waals surface area contributed by atoms with Crippen molar-refractivity contribution in [2.75, 3.05) is 12.3 Å². The highest BCUT2D eigenvalue weighted by Crippen LogP contribution is 2.57. The van der Waals surface area contributed by atoms with Crippen LogP contribution < -0.4 is 5.32 Å². The van der Waals surface area contributed by atoms with Crippen molar-refractivity contribution in [1.29, 1.82) is 0 Å². The predicted octanol–water partition coefficient (Wildman–Crippen LogP) is 5.46. The maximum atomic E-state index is 12.6.